The Hall–Kier alpha value is -2.25. The van der Waals surface area contributed by atoms with Crippen molar-refractivity contribution < 1.29 is 18.7 Å². The zero-order chi connectivity index (χ0) is 22.8. The average Bonchev–Trinajstić information content (AvgIpc) is 2.76. The lowest BCUT2D eigenvalue weighted by atomic mass is 10.1. The van der Waals surface area contributed by atoms with E-state index >= 15 is 0 Å². The fourth-order valence-corrected chi connectivity index (χ4v) is 4.42. The number of amides is 2. The second kappa shape index (κ2) is 12.6. The molecule has 2 aromatic rings. The number of thioether (sulfide) groups is 1. The van der Waals surface area contributed by atoms with E-state index in [0.717, 1.165) is 5.56 Å². The molecule has 0 aliphatic rings. The maximum atomic E-state index is 14.0. The molecule has 0 aromatic heterocycles. The summed E-state index contributed by atoms with van der Waals surface area (Å²) in [4.78, 5) is 27.3. The number of benzene rings is 2. The molecule has 2 amide bonds. The molecular weight excluding hydrogens is 439 g/mol. The zero-order valence-corrected chi connectivity index (χ0v) is 19.6. The van der Waals surface area contributed by atoms with Gasteiger partial charge in [0, 0.05) is 29.4 Å². The van der Waals surface area contributed by atoms with Gasteiger partial charge >= 0.3 is 0 Å². The third kappa shape index (κ3) is 7.14. The van der Waals surface area contributed by atoms with Crippen LogP contribution >= 0.6 is 23.4 Å². The Morgan fingerprint density at radius 1 is 1.23 bits per heavy atom. The molecule has 0 spiro atoms. The minimum atomic E-state index is -0.601. The third-order valence-corrected chi connectivity index (χ3v) is 6.06. The predicted molar refractivity (Wildman–Crippen MR) is 124 cm³/mol. The average molecular weight is 467 g/mol. The molecule has 0 bridgehead atoms. The Balaban J connectivity index is 2.17. The molecule has 0 saturated heterocycles. The van der Waals surface area contributed by atoms with Crippen LogP contribution in [0.15, 0.2) is 42.5 Å². The summed E-state index contributed by atoms with van der Waals surface area (Å²) in [6.45, 7) is 4.47. The number of carbonyl (C=O) groups is 2. The molecule has 1 unspecified atom stereocenters. The zero-order valence-electron chi connectivity index (χ0n) is 18.0. The van der Waals surface area contributed by atoms with Gasteiger partial charge in [-0.05, 0) is 43.2 Å². The number of methoxy groups -OCH3 is 1. The van der Waals surface area contributed by atoms with Crippen LogP contribution in [0.5, 0.6) is 5.75 Å². The lowest BCUT2D eigenvalue weighted by molar-refractivity contribution is -0.139. The molecule has 0 aliphatic heterocycles. The fraction of sp³-hybridized carbons (Fsp3) is 0.391. The Morgan fingerprint density at radius 2 is 1.97 bits per heavy atom. The minimum Gasteiger partial charge on any atom is -0.497 e. The maximum Gasteiger partial charge on any atom is 0.242 e. The minimum absolute atomic E-state index is 0.102. The fourth-order valence-electron chi connectivity index (χ4n) is 3.17. The quantitative estimate of drug-likeness (QED) is 0.523. The summed E-state index contributed by atoms with van der Waals surface area (Å²) in [5.41, 5.74) is 1.23. The van der Waals surface area contributed by atoms with Crippen molar-refractivity contribution in [1.82, 2.24) is 10.2 Å². The Labute approximate surface area is 192 Å². The van der Waals surface area contributed by atoms with E-state index in [1.165, 1.54) is 17.8 Å². The van der Waals surface area contributed by atoms with E-state index in [2.05, 4.69) is 5.32 Å². The molecule has 1 N–H and O–H groups in total. The Kier molecular flexibility index (Phi) is 10.1. The van der Waals surface area contributed by atoms with E-state index in [1.807, 2.05) is 38.1 Å². The van der Waals surface area contributed by atoms with E-state index in [-0.39, 0.29) is 29.9 Å². The largest absolute Gasteiger partial charge is 0.497 e. The van der Waals surface area contributed by atoms with Crippen LogP contribution in [-0.4, -0.2) is 42.2 Å². The lowest BCUT2D eigenvalue weighted by Crippen LogP contribution is -2.49. The number of halogens is 2. The first kappa shape index (κ1) is 25.0. The summed E-state index contributed by atoms with van der Waals surface area (Å²) >= 11 is 7.35. The number of carbonyl (C=O) groups excluding carboxylic acids is 2. The summed E-state index contributed by atoms with van der Waals surface area (Å²) in [7, 11) is 1.58. The number of nitrogens with one attached hydrogen (secondary N) is 1. The van der Waals surface area contributed by atoms with Crippen LogP contribution in [0.3, 0.4) is 0 Å². The van der Waals surface area contributed by atoms with Crippen molar-refractivity contribution in [2.24, 2.45) is 0 Å². The molecule has 1 atom stereocenters. The Morgan fingerprint density at radius 3 is 2.61 bits per heavy atom. The molecular formula is C23H28ClFN2O3S. The van der Waals surface area contributed by atoms with Crippen LogP contribution in [0.25, 0.3) is 0 Å². The second-order valence-corrected chi connectivity index (χ2v) is 8.28. The second-order valence-electron chi connectivity index (χ2n) is 6.88. The first-order valence-corrected chi connectivity index (χ1v) is 11.6. The van der Waals surface area contributed by atoms with Gasteiger partial charge in [0.05, 0.1) is 12.9 Å². The molecule has 0 heterocycles. The molecule has 5 nitrogen and oxygen atoms in total. The van der Waals surface area contributed by atoms with Crippen LogP contribution in [0.4, 0.5) is 4.39 Å². The lowest BCUT2D eigenvalue weighted by Gasteiger charge is -2.30. The topological polar surface area (TPSA) is 58.6 Å². The van der Waals surface area contributed by atoms with Gasteiger partial charge in [-0.25, -0.2) is 4.39 Å². The SMILES string of the molecule is CCNC(=O)C(CC)N(Cc1cccc(OC)c1)C(=O)CSCc1c(F)cccc1Cl. The van der Waals surface area contributed by atoms with Crippen LogP contribution in [-0.2, 0) is 21.9 Å². The smallest absolute Gasteiger partial charge is 0.242 e. The van der Waals surface area contributed by atoms with E-state index in [0.29, 0.717) is 29.3 Å². The summed E-state index contributed by atoms with van der Waals surface area (Å²) in [5, 5.41) is 3.14. The van der Waals surface area contributed by atoms with Crippen molar-refractivity contribution in [3.63, 3.8) is 0 Å². The highest BCUT2D eigenvalue weighted by Gasteiger charge is 2.28. The first-order valence-electron chi connectivity index (χ1n) is 10.1. The van der Waals surface area contributed by atoms with Crippen LogP contribution in [0, 0.1) is 5.82 Å². The molecule has 168 valence electrons. The molecule has 2 aromatic carbocycles. The molecule has 0 radical (unpaired) electrons. The summed E-state index contributed by atoms with van der Waals surface area (Å²) in [6.07, 6.45) is 0.478. The van der Waals surface area contributed by atoms with E-state index in [1.54, 1.807) is 24.1 Å². The van der Waals surface area contributed by atoms with Crippen molar-refractivity contribution in [2.75, 3.05) is 19.4 Å². The van der Waals surface area contributed by atoms with Gasteiger partial charge in [-0.1, -0.05) is 36.7 Å². The van der Waals surface area contributed by atoms with Gasteiger partial charge in [-0.3, -0.25) is 9.59 Å². The normalized spacial score (nSPS) is 11.6. The van der Waals surface area contributed by atoms with Gasteiger partial charge < -0.3 is 15.0 Å². The van der Waals surface area contributed by atoms with Crippen molar-refractivity contribution in [3.8, 4) is 5.75 Å². The molecule has 0 aliphatic carbocycles. The first-order chi connectivity index (χ1) is 14.9. The van der Waals surface area contributed by atoms with Gasteiger partial charge in [-0.2, -0.15) is 0 Å². The third-order valence-electron chi connectivity index (χ3n) is 4.76. The standard InChI is InChI=1S/C23H28ClFN2O3S/c1-4-21(23(29)26-5-2)27(13-16-8-6-9-17(12-16)30-3)22(28)15-31-14-18-19(24)10-7-11-20(18)25/h6-12,21H,4-5,13-15H2,1-3H3,(H,26,29). The Bertz CT molecular complexity index is 877. The van der Waals surface area contributed by atoms with Gasteiger partial charge in [0.15, 0.2) is 0 Å². The van der Waals surface area contributed by atoms with Crippen molar-refractivity contribution in [1.29, 1.82) is 0 Å². The van der Waals surface area contributed by atoms with Gasteiger partial charge in [0.2, 0.25) is 11.8 Å². The number of rotatable bonds is 11. The van der Waals surface area contributed by atoms with Crippen LogP contribution in [0.1, 0.15) is 31.4 Å². The highest BCUT2D eigenvalue weighted by Crippen LogP contribution is 2.25. The van der Waals surface area contributed by atoms with Crippen molar-refractivity contribution >= 4 is 35.2 Å². The van der Waals surface area contributed by atoms with Gasteiger partial charge in [0.1, 0.15) is 17.6 Å². The maximum absolute atomic E-state index is 14.0. The molecule has 31 heavy (non-hydrogen) atoms. The molecule has 8 heteroatoms. The van der Waals surface area contributed by atoms with Crippen LogP contribution in [0.2, 0.25) is 5.02 Å². The van der Waals surface area contributed by atoms with E-state index in [4.69, 9.17) is 16.3 Å². The summed E-state index contributed by atoms with van der Waals surface area (Å²) in [5.74, 6) is 0.267. The molecule has 0 saturated carbocycles. The number of hydrogen-bond donors (Lipinski definition) is 1. The van der Waals surface area contributed by atoms with Gasteiger partial charge in [0.25, 0.3) is 0 Å². The highest BCUT2D eigenvalue weighted by molar-refractivity contribution is 7.99. The number of nitrogens with zero attached hydrogens (tertiary/aromatic N) is 1. The van der Waals surface area contributed by atoms with Crippen molar-refractivity contribution in [2.45, 2.75) is 38.6 Å². The number of hydrogen-bond acceptors (Lipinski definition) is 4. The number of likely N-dealkylation sites (N-methyl/N-ethyl adjacent to an activating group) is 1. The van der Waals surface area contributed by atoms with E-state index < -0.39 is 11.9 Å². The van der Waals surface area contributed by atoms with Gasteiger partial charge in [-0.15, -0.1) is 11.8 Å². The summed E-state index contributed by atoms with van der Waals surface area (Å²) < 4.78 is 19.3. The monoisotopic (exact) mass is 466 g/mol. The summed E-state index contributed by atoms with van der Waals surface area (Å²) in [6, 6.07) is 11.3. The highest BCUT2D eigenvalue weighted by atomic mass is 35.5. The molecule has 2 rings (SSSR count). The van der Waals surface area contributed by atoms with E-state index in [9.17, 15) is 14.0 Å². The van der Waals surface area contributed by atoms with Crippen LogP contribution < -0.4 is 10.1 Å². The predicted octanol–water partition coefficient (Wildman–Crippen LogP) is 4.66. The molecule has 0 fully saturated rings. The number of ether oxygens (including phenoxy) is 1. The van der Waals surface area contributed by atoms with Crippen molar-refractivity contribution in [3.05, 3.63) is 64.4 Å².